The van der Waals surface area contributed by atoms with E-state index < -0.39 is 0 Å². The molecule has 0 aliphatic heterocycles. The minimum Gasteiger partial charge on any atom is -0.249 e. The Morgan fingerprint density at radius 3 is 2.52 bits per heavy atom. The highest BCUT2D eigenvalue weighted by Gasteiger charge is 2.11. The number of hydrogen-bond acceptors (Lipinski definition) is 4. The average molecular weight is 395 g/mol. The average Bonchev–Trinajstić information content (AvgIpc) is 3.26. The fraction of sp³-hybridized carbons (Fsp3) is 0.182. The summed E-state index contributed by atoms with van der Waals surface area (Å²) in [6.07, 6.45) is 3.75. The fourth-order valence-corrected chi connectivity index (χ4v) is 4.82. The van der Waals surface area contributed by atoms with Crippen LogP contribution in [0, 0.1) is 19.7 Å². The predicted octanol–water partition coefficient (Wildman–Crippen LogP) is 6.47. The molecule has 0 N–H and O–H groups in total. The van der Waals surface area contributed by atoms with Crippen LogP contribution in [0.3, 0.4) is 0 Å². The van der Waals surface area contributed by atoms with Crippen LogP contribution in [0.1, 0.15) is 20.5 Å². The molecule has 0 fully saturated rings. The first-order valence-electron chi connectivity index (χ1n) is 8.82. The highest BCUT2D eigenvalue weighted by atomic mass is 32.1. The van der Waals surface area contributed by atoms with Crippen molar-refractivity contribution in [2.45, 2.75) is 26.7 Å². The Morgan fingerprint density at radius 1 is 0.926 bits per heavy atom. The number of rotatable bonds is 5. The van der Waals surface area contributed by atoms with Crippen LogP contribution >= 0.6 is 22.7 Å². The van der Waals surface area contributed by atoms with Gasteiger partial charge in [-0.2, -0.15) is 0 Å². The molecule has 4 rings (SSSR count). The second-order valence-electron chi connectivity index (χ2n) is 6.47. The molecule has 136 valence electrons. The van der Waals surface area contributed by atoms with Gasteiger partial charge in [-0.3, -0.25) is 0 Å². The molecule has 2 aromatic carbocycles. The summed E-state index contributed by atoms with van der Waals surface area (Å²) in [6, 6.07) is 15.3. The van der Waals surface area contributed by atoms with Crippen LogP contribution in [-0.4, -0.2) is 9.97 Å². The van der Waals surface area contributed by atoms with Crippen molar-refractivity contribution in [2.75, 3.05) is 0 Å². The van der Waals surface area contributed by atoms with Crippen LogP contribution in [0.2, 0.25) is 0 Å². The van der Waals surface area contributed by atoms with Crippen LogP contribution in [0.5, 0.6) is 0 Å². The van der Waals surface area contributed by atoms with E-state index in [4.69, 9.17) is 4.98 Å². The maximum atomic E-state index is 13.5. The van der Waals surface area contributed by atoms with Crippen LogP contribution < -0.4 is 0 Å². The van der Waals surface area contributed by atoms with E-state index in [0.29, 0.717) is 0 Å². The third-order valence-electron chi connectivity index (χ3n) is 4.40. The Morgan fingerprint density at radius 2 is 1.74 bits per heavy atom. The molecule has 27 heavy (non-hydrogen) atoms. The third-order valence-corrected chi connectivity index (χ3v) is 6.39. The Bertz CT molecular complexity index is 1080. The van der Waals surface area contributed by atoms with Crippen molar-refractivity contribution in [3.05, 3.63) is 81.0 Å². The standard InChI is InChI=1S/C22H19FN2S2/c1-14-22(18-7-4-8-19(23)12-18)25-21(26-14)10-9-16-5-3-6-17(11-16)20-13-24-15(2)27-20/h3-8,11-13H,9-10H2,1-2H3. The van der Waals surface area contributed by atoms with Gasteiger partial charge in [0.1, 0.15) is 5.82 Å². The minimum atomic E-state index is -0.225. The molecule has 0 aliphatic rings. The van der Waals surface area contributed by atoms with Crippen molar-refractivity contribution in [3.8, 4) is 21.7 Å². The van der Waals surface area contributed by atoms with Gasteiger partial charge in [0.05, 0.1) is 20.6 Å². The molecular formula is C22H19FN2S2. The molecule has 0 bridgehead atoms. The topological polar surface area (TPSA) is 25.8 Å². The van der Waals surface area contributed by atoms with Crippen LogP contribution in [-0.2, 0) is 12.8 Å². The summed E-state index contributed by atoms with van der Waals surface area (Å²) in [5.41, 5.74) is 4.24. The number of aryl methyl sites for hydroxylation is 4. The first kappa shape index (κ1) is 18.0. The molecule has 2 heterocycles. The van der Waals surface area contributed by atoms with Gasteiger partial charge in [0, 0.05) is 23.1 Å². The van der Waals surface area contributed by atoms with Crippen molar-refractivity contribution in [1.82, 2.24) is 9.97 Å². The Labute approximate surface area is 166 Å². The van der Waals surface area contributed by atoms with Gasteiger partial charge in [-0.25, -0.2) is 14.4 Å². The Balaban J connectivity index is 1.50. The van der Waals surface area contributed by atoms with E-state index in [1.807, 2.05) is 26.1 Å². The zero-order valence-corrected chi connectivity index (χ0v) is 16.8. The first-order valence-corrected chi connectivity index (χ1v) is 10.5. The van der Waals surface area contributed by atoms with Crippen molar-refractivity contribution >= 4 is 22.7 Å². The number of benzene rings is 2. The monoisotopic (exact) mass is 394 g/mol. The molecule has 0 saturated heterocycles. The summed E-state index contributed by atoms with van der Waals surface area (Å²) in [7, 11) is 0. The Hall–Kier alpha value is -2.37. The molecule has 0 unspecified atom stereocenters. The van der Waals surface area contributed by atoms with E-state index in [1.165, 1.54) is 22.1 Å². The number of thiazole rings is 2. The van der Waals surface area contributed by atoms with Crippen molar-refractivity contribution in [3.63, 3.8) is 0 Å². The molecular weight excluding hydrogens is 375 g/mol. The van der Waals surface area contributed by atoms with Crippen molar-refractivity contribution in [1.29, 1.82) is 0 Å². The first-order chi connectivity index (χ1) is 13.1. The molecule has 0 atom stereocenters. The zero-order chi connectivity index (χ0) is 18.8. The highest BCUT2D eigenvalue weighted by molar-refractivity contribution is 7.15. The smallest absolute Gasteiger partial charge is 0.123 e. The molecule has 4 aromatic rings. The minimum absolute atomic E-state index is 0.225. The van der Waals surface area contributed by atoms with E-state index in [1.54, 1.807) is 34.8 Å². The quantitative estimate of drug-likeness (QED) is 0.387. The third kappa shape index (κ3) is 4.15. The van der Waals surface area contributed by atoms with Crippen LogP contribution in [0.4, 0.5) is 4.39 Å². The maximum absolute atomic E-state index is 13.5. The van der Waals surface area contributed by atoms with Crippen LogP contribution in [0.25, 0.3) is 21.7 Å². The van der Waals surface area contributed by atoms with Gasteiger partial charge in [-0.1, -0.05) is 36.4 Å². The van der Waals surface area contributed by atoms with Gasteiger partial charge in [0.2, 0.25) is 0 Å². The Kier molecular flexibility index (Phi) is 5.14. The lowest BCUT2D eigenvalue weighted by molar-refractivity contribution is 0.628. The van der Waals surface area contributed by atoms with E-state index in [2.05, 4.69) is 29.2 Å². The molecule has 5 heteroatoms. The summed E-state index contributed by atoms with van der Waals surface area (Å²) >= 11 is 3.41. The summed E-state index contributed by atoms with van der Waals surface area (Å²) in [5.74, 6) is -0.225. The van der Waals surface area contributed by atoms with Gasteiger partial charge >= 0.3 is 0 Å². The van der Waals surface area contributed by atoms with E-state index >= 15 is 0 Å². The summed E-state index contributed by atoms with van der Waals surface area (Å²) in [4.78, 5) is 11.4. The lowest BCUT2D eigenvalue weighted by Gasteiger charge is -2.03. The van der Waals surface area contributed by atoms with Crippen molar-refractivity contribution < 1.29 is 4.39 Å². The molecule has 0 saturated carbocycles. The van der Waals surface area contributed by atoms with E-state index in [0.717, 1.165) is 39.0 Å². The summed E-state index contributed by atoms with van der Waals surface area (Å²) < 4.78 is 13.5. The number of nitrogens with zero attached hydrogens (tertiary/aromatic N) is 2. The predicted molar refractivity (Wildman–Crippen MR) is 112 cm³/mol. The maximum Gasteiger partial charge on any atom is 0.123 e. The SMILES string of the molecule is Cc1ncc(-c2cccc(CCc3nc(-c4cccc(F)c4)c(C)s3)c2)s1. The lowest BCUT2D eigenvalue weighted by Crippen LogP contribution is -1.91. The molecule has 0 amide bonds. The number of aromatic nitrogens is 2. The molecule has 2 aromatic heterocycles. The number of hydrogen-bond donors (Lipinski definition) is 0. The van der Waals surface area contributed by atoms with Crippen molar-refractivity contribution in [2.24, 2.45) is 0 Å². The largest absolute Gasteiger partial charge is 0.249 e. The van der Waals surface area contributed by atoms with Gasteiger partial charge in [0.25, 0.3) is 0 Å². The number of halogens is 1. The highest BCUT2D eigenvalue weighted by Crippen LogP contribution is 2.30. The second-order valence-corrected chi connectivity index (χ2v) is 8.99. The van der Waals surface area contributed by atoms with Crippen LogP contribution in [0.15, 0.2) is 54.7 Å². The van der Waals surface area contributed by atoms with E-state index in [9.17, 15) is 4.39 Å². The summed E-state index contributed by atoms with van der Waals surface area (Å²) in [6.45, 7) is 4.08. The summed E-state index contributed by atoms with van der Waals surface area (Å²) in [5, 5.41) is 2.17. The second kappa shape index (κ2) is 7.71. The molecule has 0 aliphatic carbocycles. The van der Waals surface area contributed by atoms with Gasteiger partial charge in [-0.15, -0.1) is 22.7 Å². The fourth-order valence-electron chi connectivity index (χ4n) is 3.09. The molecule has 0 spiro atoms. The lowest BCUT2D eigenvalue weighted by atomic mass is 10.1. The molecule has 2 nitrogen and oxygen atoms in total. The van der Waals surface area contributed by atoms with Gasteiger partial charge in [-0.05, 0) is 43.5 Å². The van der Waals surface area contributed by atoms with Gasteiger partial charge in [0.15, 0.2) is 0 Å². The zero-order valence-electron chi connectivity index (χ0n) is 15.2. The van der Waals surface area contributed by atoms with E-state index in [-0.39, 0.29) is 5.82 Å². The molecule has 0 radical (unpaired) electrons. The van der Waals surface area contributed by atoms with Gasteiger partial charge < -0.3 is 0 Å². The normalized spacial score (nSPS) is 11.1.